The lowest BCUT2D eigenvalue weighted by molar-refractivity contribution is -0.144. The van der Waals surface area contributed by atoms with Gasteiger partial charge >= 0.3 is 23.9 Å². The van der Waals surface area contributed by atoms with Gasteiger partial charge in [0.25, 0.3) is 0 Å². The summed E-state index contributed by atoms with van der Waals surface area (Å²) in [7, 11) is 0. The van der Waals surface area contributed by atoms with Gasteiger partial charge in [0.05, 0.1) is 25.3 Å². The monoisotopic (exact) mass is 995 g/mol. The molecule has 25 nitrogen and oxygen atoms in total. The van der Waals surface area contributed by atoms with E-state index in [1.54, 1.807) is 52.0 Å². The van der Waals surface area contributed by atoms with Crippen LogP contribution in [-0.4, -0.2) is 145 Å². The second kappa shape index (κ2) is 27.2. The molecule has 15 N–H and O–H groups in total. The third-order valence-electron chi connectivity index (χ3n) is 10.6. The predicted molar refractivity (Wildman–Crippen MR) is 250 cm³/mol. The zero-order valence-corrected chi connectivity index (χ0v) is 39.4. The quantitative estimate of drug-likeness (QED) is 0.0381. The Morgan fingerprint density at radius 2 is 0.915 bits per heavy atom. The average molecular weight is 996 g/mol. The Hall–Kier alpha value is -8.09. The number of hydrogen-bond acceptors (Lipinski definition) is 13. The van der Waals surface area contributed by atoms with Gasteiger partial charge in [0, 0.05) is 23.5 Å². The molecule has 71 heavy (non-hydrogen) atoms. The Bertz CT molecular complexity index is 2420. The molecule has 0 aliphatic heterocycles. The fourth-order valence-corrected chi connectivity index (χ4v) is 7.19. The maximum absolute atomic E-state index is 14.2. The third-order valence-corrected chi connectivity index (χ3v) is 10.6. The molecular formula is C46H61N9O16. The first-order valence-corrected chi connectivity index (χ1v) is 22.4. The molecular weight excluding hydrogens is 935 g/mol. The zero-order valence-electron chi connectivity index (χ0n) is 39.4. The molecule has 0 aliphatic carbocycles. The largest absolute Gasteiger partial charge is 0.508 e. The van der Waals surface area contributed by atoms with Crippen LogP contribution in [0.25, 0.3) is 10.9 Å². The number of amides is 7. The fourth-order valence-electron chi connectivity index (χ4n) is 7.19. The number of carboxylic acid groups (broad SMARTS) is 4. The number of aromatic amines is 1. The number of phenols is 1. The molecule has 7 amide bonds. The first-order chi connectivity index (χ1) is 33.3. The van der Waals surface area contributed by atoms with Crippen molar-refractivity contribution < 1.29 is 78.3 Å². The van der Waals surface area contributed by atoms with E-state index in [0.29, 0.717) is 22.0 Å². The Morgan fingerprint density at radius 3 is 1.38 bits per heavy atom. The molecule has 0 fully saturated rings. The van der Waals surface area contributed by atoms with Gasteiger partial charge in [-0.1, -0.05) is 58.0 Å². The van der Waals surface area contributed by atoms with Crippen molar-refractivity contribution in [2.24, 2.45) is 17.6 Å². The van der Waals surface area contributed by atoms with Crippen molar-refractivity contribution in [2.75, 3.05) is 6.54 Å². The van der Waals surface area contributed by atoms with Gasteiger partial charge in [-0.3, -0.25) is 52.7 Å². The van der Waals surface area contributed by atoms with Gasteiger partial charge in [0.1, 0.15) is 48.5 Å². The van der Waals surface area contributed by atoms with Crippen LogP contribution in [0, 0.1) is 11.8 Å². The Balaban J connectivity index is 1.92. The lowest BCUT2D eigenvalue weighted by Gasteiger charge is -2.27. The topological polar surface area (TPSA) is 415 Å². The van der Waals surface area contributed by atoms with Crippen LogP contribution in [0.15, 0.2) is 54.7 Å². The molecule has 1 heterocycles. The van der Waals surface area contributed by atoms with Crippen molar-refractivity contribution in [1.82, 2.24) is 42.2 Å². The third kappa shape index (κ3) is 19.4. The molecule has 1 aromatic heterocycles. The maximum atomic E-state index is 14.2. The molecule has 7 atom stereocenters. The van der Waals surface area contributed by atoms with Gasteiger partial charge in [-0.25, -0.2) is 0 Å². The van der Waals surface area contributed by atoms with Crippen molar-refractivity contribution >= 4 is 76.1 Å². The van der Waals surface area contributed by atoms with Gasteiger partial charge in [-0.2, -0.15) is 0 Å². The van der Waals surface area contributed by atoms with Gasteiger partial charge in [-0.05, 0) is 60.4 Å². The van der Waals surface area contributed by atoms with Crippen molar-refractivity contribution in [3.8, 4) is 5.75 Å². The van der Waals surface area contributed by atoms with E-state index in [-0.39, 0.29) is 43.3 Å². The summed E-state index contributed by atoms with van der Waals surface area (Å²) in [6, 6.07) is 0.771. The highest BCUT2D eigenvalue weighted by Gasteiger charge is 2.36. The summed E-state index contributed by atoms with van der Waals surface area (Å²) in [4.78, 5) is 146. The fraction of sp³-hybridized carbons (Fsp3) is 0.457. The van der Waals surface area contributed by atoms with E-state index in [2.05, 4.69) is 42.2 Å². The number of aromatic nitrogens is 1. The molecule has 0 unspecified atom stereocenters. The predicted octanol–water partition coefficient (Wildman–Crippen LogP) is -1.39. The molecule has 386 valence electrons. The van der Waals surface area contributed by atoms with Crippen LogP contribution in [0.2, 0.25) is 0 Å². The number of hydrogen-bond donors (Lipinski definition) is 14. The minimum atomic E-state index is -2.07. The van der Waals surface area contributed by atoms with Crippen molar-refractivity contribution in [2.45, 2.75) is 115 Å². The second-order valence-corrected chi connectivity index (χ2v) is 17.6. The van der Waals surface area contributed by atoms with Crippen LogP contribution in [-0.2, 0) is 65.6 Å². The molecule has 3 rings (SSSR count). The van der Waals surface area contributed by atoms with Crippen LogP contribution >= 0.6 is 0 Å². The number of phenolic OH excluding ortho intramolecular Hbond substituents is 1. The van der Waals surface area contributed by atoms with E-state index in [4.69, 9.17) is 10.8 Å². The van der Waals surface area contributed by atoms with Crippen molar-refractivity contribution in [1.29, 1.82) is 0 Å². The molecule has 0 bridgehead atoms. The van der Waals surface area contributed by atoms with E-state index in [0.717, 1.165) is 0 Å². The number of aliphatic carboxylic acids is 4. The number of nitrogens with two attached hydrogens (primary N) is 1. The summed E-state index contributed by atoms with van der Waals surface area (Å²) in [6.07, 6.45) is -2.28. The first kappa shape index (κ1) is 57.2. The molecule has 0 saturated carbocycles. The zero-order chi connectivity index (χ0) is 53.1. The summed E-state index contributed by atoms with van der Waals surface area (Å²) in [5.74, 6) is -14.5. The Kier molecular flexibility index (Phi) is 21.9. The minimum Gasteiger partial charge on any atom is -0.508 e. The number of fused-ring (bicyclic) bond motifs is 1. The number of carbonyl (C=O) groups excluding carboxylic acids is 7. The highest BCUT2D eigenvalue weighted by molar-refractivity contribution is 6.00. The molecule has 0 aliphatic rings. The van der Waals surface area contributed by atoms with Gasteiger partial charge < -0.3 is 73.5 Å². The maximum Gasteiger partial charge on any atom is 0.322 e. The highest BCUT2D eigenvalue weighted by Crippen LogP contribution is 2.20. The lowest BCUT2D eigenvalue weighted by Crippen LogP contribution is -2.61. The first-order valence-electron chi connectivity index (χ1n) is 22.4. The summed E-state index contributed by atoms with van der Waals surface area (Å²) in [5.41, 5.74) is 7.59. The number of carboxylic acids is 4. The summed E-state index contributed by atoms with van der Waals surface area (Å²) in [5, 5.41) is 64.5. The molecule has 25 heteroatoms. The SMILES string of the molecule is CC(C)C[C@H](NC(=O)[C@H](CC(C)C)NC(=O)[C@H](CC(=O)O)NC(=O)[C@H](CC(=O)O)NC(=O)[C@H](Cc1c[nH]c2ccccc12)NC(=O)[C@H](CC(=O)O)NC(=O)[C@@H](N)Cc1ccc(O)cc1)C(=O)NCC(=O)O. The van der Waals surface area contributed by atoms with E-state index < -0.39 is 133 Å². The second-order valence-electron chi connectivity index (χ2n) is 17.6. The molecule has 2 aromatic carbocycles. The average Bonchev–Trinajstić information content (AvgIpc) is 3.68. The van der Waals surface area contributed by atoms with Crippen LogP contribution in [0.5, 0.6) is 5.75 Å². The van der Waals surface area contributed by atoms with Crippen LogP contribution in [0.3, 0.4) is 0 Å². The Labute approximate surface area is 406 Å². The van der Waals surface area contributed by atoms with Crippen molar-refractivity contribution in [3.05, 3.63) is 65.9 Å². The molecule has 0 saturated heterocycles. The summed E-state index contributed by atoms with van der Waals surface area (Å²) < 4.78 is 0. The van der Waals surface area contributed by atoms with E-state index in [9.17, 15) is 73.2 Å². The van der Waals surface area contributed by atoms with E-state index in [1.807, 2.05) is 0 Å². The minimum absolute atomic E-state index is 0.0512. The lowest BCUT2D eigenvalue weighted by atomic mass is 9.99. The summed E-state index contributed by atoms with van der Waals surface area (Å²) >= 11 is 0. The van der Waals surface area contributed by atoms with Crippen LogP contribution in [0.4, 0.5) is 0 Å². The number of benzene rings is 2. The smallest absolute Gasteiger partial charge is 0.322 e. The van der Waals surface area contributed by atoms with Gasteiger partial charge in [0.2, 0.25) is 41.4 Å². The van der Waals surface area contributed by atoms with Gasteiger partial charge in [-0.15, -0.1) is 0 Å². The summed E-state index contributed by atoms with van der Waals surface area (Å²) in [6.45, 7) is 6.08. The highest BCUT2D eigenvalue weighted by atomic mass is 16.4. The number of para-hydroxylation sites is 1. The van der Waals surface area contributed by atoms with E-state index in [1.165, 1.54) is 30.5 Å². The number of nitrogens with one attached hydrogen (secondary N) is 8. The number of aromatic hydroxyl groups is 1. The van der Waals surface area contributed by atoms with E-state index >= 15 is 0 Å². The van der Waals surface area contributed by atoms with Crippen LogP contribution in [0.1, 0.15) is 70.9 Å². The number of rotatable bonds is 29. The van der Waals surface area contributed by atoms with Crippen LogP contribution < -0.4 is 43.0 Å². The molecule has 3 aromatic rings. The van der Waals surface area contributed by atoms with Gasteiger partial charge in [0.15, 0.2) is 0 Å². The molecule has 0 radical (unpaired) electrons. The number of H-pyrrole nitrogens is 1. The standard InChI is InChI=1S/C46H61N9O16/c1-22(2)13-30(41(66)49-21-39(63)64)51-42(67)31(14-23(3)4)52-45(70)34(18-37(59)60)55-46(71)35(19-38(61)62)54-43(68)32(16-25-20-48-29-8-6-5-7-27(25)29)53-44(69)33(17-36(57)58)50-40(65)28(47)15-24-9-11-26(56)12-10-24/h5-12,20,22-23,28,30-35,48,56H,13-19,21,47H2,1-4H3,(H,49,66)(H,50,65)(H,51,67)(H,52,70)(H,53,69)(H,54,68)(H,55,71)(H,57,58)(H,59,60)(H,61,62)(H,63,64)/t28-,30-,31-,32-,33-,34-,35-/m0/s1. The Morgan fingerprint density at radius 1 is 0.507 bits per heavy atom. The normalized spacial score (nSPS) is 14.1. The molecule has 0 spiro atoms. The number of carbonyl (C=O) groups is 11. The van der Waals surface area contributed by atoms with Crippen molar-refractivity contribution in [3.63, 3.8) is 0 Å².